The summed E-state index contributed by atoms with van der Waals surface area (Å²) < 4.78 is 28.0. The minimum absolute atomic E-state index is 0.134. The fourth-order valence-electron chi connectivity index (χ4n) is 4.35. The summed E-state index contributed by atoms with van der Waals surface area (Å²) in [6.07, 6.45) is 0.803. The average molecular weight is 546 g/mol. The standard InChI is InChI=1S/C33H39NO6/c1-6-28(25-12-17-29-30(20-25)39-22-38-29)31(23-8-13-26(14-9-23)36-19-18-34-7-2)24-10-15-27(16-11-24)37-21-40-32(35)33(3,4)5/h8-17,20,34H,6-7,18-19,21-22H2,1-5H3/b31-28+. The molecular formula is C33H39NO6. The number of benzene rings is 3. The van der Waals surface area contributed by atoms with Crippen LogP contribution in [-0.4, -0.2) is 39.3 Å². The predicted molar refractivity (Wildman–Crippen MR) is 157 cm³/mol. The van der Waals surface area contributed by atoms with E-state index in [-0.39, 0.29) is 19.6 Å². The molecule has 0 aromatic heterocycles. The van der Waals surface area contributed by atoms with Gasteiger partial charge in [0.05, 0.1) is 5.41 Å². The molecule has 0 fully saturated rings. The van der Waals surface area contributed by atoms with Crippen molar-refractivity contribution in [2.24, 2.45) is 5.41 Å². The summed E-state index contributed by atoms with van der Waals surface area (Å²) in [6.45, 7) is 12.1. The van der Waals surface area contributed by atoms with Crippen molar-refractivity contribution in [3.05, 3.63) is 83.4 Å². The van der Waals surface area contributed by atoms with Gasteiger partial charge in [-0.15, -0.1) is 0 Å². The summed E-state index contributed by atoms with van der Waals surface area (Å²) >= 11 is 0. The second-order valence-corrected chi connectivity index (χ2v) is 10.5. The summed E-state index contributed by atoms with van der Waals surface area (Å²) in [4.78, 5) is 12.0. The Bertz CT molecular complexity index is 1310. The first kappa shape index (κ1) is 29.0. The van der Waals surface area contributed by atoms with Crippen molar-refractivity contribution in [1.82, 2.24) is 5.32 Å². The number of esters is 1. The Balaban J connectivity index is 1.63. The topological polar surface area (TPSA) is 75.2 Å². The lowest BCUT2D eigenvalue weighted by Gasteiger charge is -2.18. The van der Waals surface area contributed by atoms with Crippen molar-refractivity contribution in [3.8, 4) is 23.0 Å². The van der Waals surface area contributed by atoms with Crippen molar-refractivity contribution in [3.63, 3.8) is 0 Å². The van der Waals surface area contributed by atoms with Crippen LogP contribution in [0.2, 0.25) is 0 Å². The van der Waals surface area contributed by atoms with E-state index in [1.165, 1.54) is 5.57 Å². The maximum atomic E-state index is 12.0. The molecule has 1 aliphatic rings. The Morgan fingerprint density at radius 1 is 0.825 bits per heavy atom. The number of hydrogen-bond acceptors (Lipinski definition) is 7. The Hall–Kier alpha value is -3.97. The van der Waals surface area contributed by atoms with Crippen LogP contribution in [0.15, 0.2) is 66.7 Å². The lowest BCUT2D eigenvalue weighted by atomic mass is 9.88. The van der Waals surface area contributed by atoms with Gasteiger partial charge in [-0.3, -0.25) is 4.79 Å². The van der Waals surface area contributed by atoms with Crippen LogP contribution < -0.4 is 24.3 Å². The molecule has 0 unspecified atom stereocenters. The first-order valence-corrected chi connectivity index (χ1v) is 13.8. The van der Waals surface area contributed by atoms with Crippen molar-refractivity contribution < 1.29 is 28.5 Å². The van der Waals surface area contributed by atoms with E-state index in [0.29, 0.717) is 12.4 Å². The zero-order chi connectivity index (χ0) is 28.5. The fourth-order valence-corrected chi connectivity index (χ4v) is 4.35. The third-order valence-corrected chi connectivity index (χ3v) is 6.49. The van der Waals surface area contributed by atoms with E-state index >= 15 is 0 Å². The molecular weight excluding hydrogens is 506 g/mol. The second kappa shape index (κ2) is 13.4. The second-order valence-electron chi connectivity index (χ2n) is 10.5. The minimum atomic E-state index is -0.578. The van der Waals surface area contributed by atoms with Gasteiger partial charge in [-0.05, 0) is 98.0 Å². The molecule has 1 heterocycles. The molecule has 7 nitrogen and oxygen atoms in total. The third kappa shape index (κ3) is 7.36. The van der Waals surface area contributed by atoms with Gasteiger partial charge in [0.2, 0.25) is 13.6 Å². The molecule has 0 saturated carbocycles. The van der Waals surface area contributed by atoms with Gasteiger partial charge < -0.3 is 29.0 Å². The Kier molecular flexibility index (Phi) is 9.72. The Morgan fingerprint density at radius 3 is 2.02 bits per heavy atom. The number of fused-ring (bicyclic) bond motifs is 1. The fraction of sp³-hybridized carbons (Fsp3) is 0.364. The summed E-state index contributed by atoms with van der Waals surface area (Å²) in [6, 6.07) is 22.1. The highest BCUT2D eigenvalue weighted by Gasteiger charge is 2.23. The van der Waals surface area contributed by atoms with Gasteiger partial charge in [0.15, 0.2) is 11.5 Å². The molecule has 1 N–H and O–H groups in total. The number of hydrogen-bond donors (Lipinski definition) is 1. The van der Waals surface area contributed by atoms with Gasteiger partial charge in [0, 0.05) is 6.54 Å². The van der Waals surface area contributed by atoms with Crippen LogP contribution in [0.3, 0.4) is 0 Å². The van der Waals surface area contributed by atoms with E-state index < -0.39 is 5.41 Å². The van der Waals surface area contributed by atoms with E-state index in [0.717, 1.165) is 59.0 Å². The molecule has 0 aliphatic carbocycles. The maximum absolute atomic E-state index is 12.0. The van der Waals surface area contributed by atoms with Crippen molar-refractivity contribution in [1.29, 1.82) is 0 Å². The lowest BCUT2D eigenvalue weighted by Crippen LogP contribution is -2.24. The molecule has 0 radical (unpaired) electrons. The van der Waals surface area contributed by atoms with Gasteiger partial charge in [-0.1, -0.05) is 44.2 Å². The quantitative estimate of drug-likeness (QED) is 0.117. The maximum Gasteiger partial charge on any atom is 0.314 e. The number of likely N-dealkylation sites (N-methyl/N-ethyl adjacent to an activating group) is 1. The van der Waals surface area contributed by atoms with Gasteiger partial charge in [0.1, 0.15) is 18.1 Å². The van der Waals surface area contributed by atoms with Crippen LogP contribution >= 0.6 is 0 Å². The summed E-state index contributed by atoms with van der Waals surface area (Å²) in [5.41, 5.74) is 4.88. The van der Waals surface area contributed by atoms with Crippen LogP contribution in [0.25, 0.3) is 11.1 Å². The van der Waals surface area contributed by atoms with E-state index in [1.807, 2.05) is 69.3 Å². The number of carbonyl (C=O) groups excluding carboxylic acids is 1. The van der Waals surface area contributed by atoms with Gasteiger partial charge in [0.25, 0.3) is 0 Å². The molecule has 40 heavy (non-hydrogen) atoms. The van der Waals surface area contributed by atoms with Gasteiger partial charge >= 0.3 is 5.97 Å². The smallest absolute Gasteiger partial charge is 0.314 e. The van der Waals surface area contributed by atoms with Crippen molar-refractivity contribution in [2.75, 3.05) is 33.3 Å². The summed E-state index contributed by atoms with van der Waals surface area (Å²) in [7, 11) is 0. The summed E-state index contributed by atoms with van der Waals surface area (Å²) in [5, 5.41) is 3.27. The number of carbonyl (C=O) groups is 1. The predicted octanol–water partition coefficient (Wildman–Crippen LogP) is 6.70. The van der Waals surface area contributed by atoms with E-state index in [4.69, 9.17) is 23.7 Å². The molecule has 0 bridgehead atoms. The monoisotopic (exact) mass is 545 g/mol. The molecule has 4 rings (SSSR count). The third-order valence-electron chi connectivity index (χ3n) is 6.49. The highest BCUT2D eigenvalue weighted by molar-refractivity contribution is 5.99. The first-order valence-electron chi connectivity index (χ1n) is 13.8. The average Bonchev–Trinajstić information content (AvgIpc) is 3.42. The SMILES string of the molecule is CCNCCOc1ccc(/C(=C(/CC)c2ccc3c(c2)OCO3)c2ccc(OCOC(=O)C(C)(C)C)cc2)cc1. The molecule has 3 aromatic carbocycles. The number of rotatable bonds is 12. The zero-order valence-corrected chi connectivity index (χ0v) is 24.0. The molecule has 7 heteroatoms. The van der Waals surface area contributed by atoms with E-state index in [1.54, 1.807) is 0 Å². The van der Waals surface area contributed by atoms with Gasteiger partial charge in [-0.25, -0.2) is 0 Å². The summed E-state index contributed by atoms with van der Waals surface area (Å²) in [5.74, 6) is 2.65. The molecule has 212 valence electrons. The molecule has 0 spiro atoms. The van der Waals surface area contributed by atoms with Crippen LogP contribution in [0.1, 0.15) is 57.7 Å². The molecule has 3 aromatic rings. The van der Waals surface area contributed by atoms with E-state index in [2.05, 4.69) is 37.4 Å². The van der Waals surface area contributed by atoms with Gasteiger partial charge in [-0.2, -0.15) is 0 Å². The first-order chi connectivity index (χ1) is 19.3. The zero-order valence-electron chi connectivity index (χ0n) is 24.0. The van der Waals surface area contributed by atoms with Crippen LogP contribution in [0.5, 0.6) is 23.0 Å². The molecule has 0 saturated heterocycles. The highest BCUT2D eigenvalue weighted by Crippen LogP contribution is 2.40. The van der Waals surface area contributed by atoms with Crippen LogP contribution in [-0.2, 0) is 9.53 Å². The number of allylic oxidation sites excluding steroid dienone is 1. The Labute approximate surface area is 237 Å². The molecule has 0 amide bonds. The van der Waals surface area contributed by atoms with Crippen LogP contribution in [0, 0.1) is 5.41 Å². The largest absolute Gasteiger partial charge is 0.492 e. The molecule has 1 aliphatic heterocycles. The number of nitrogens with one attached hydrogen (secondary N) is 1. The number of ether oxygens (including phenoxy) is 5. The Morgan fingerprint density at radius 2 is 1.43 bits per heavy atom. The van der Waals surface area contributed by atoms with Crippen molar-refractivity contribution >= 4 is 17.1 Å². The lowest BCUT2D eigenvalue weighted by molar-refractivity contribution is -0.159. The highest BCUT2D eigenvalue weighted by atomic mass is 16.7. The van der Waals surface area contributed by atoms with Crippen LogP contribution in [0.4, 0.5) is 0 Å². The minimum Gasteiger partial charge on any atom is -0.492 e. The van der Waals surface area contributed by atoms with E-state index in [9.17, 15) is 4.79 Å². The molecule has 0 atom stereocenters. The normalized spacial score (nSPS) is 13.0. The van der Waals surface area contributed by atoms with Crippen molar-refractivity contribution in [2.45, 2.75) is 41.0 Å².